The molecule has 0 aromatic carbocycles. The zero-order chi connectivity index (χ0) is 30.4. The highest BCUT2D eigenvalue weighted by Gasteiger charge is 2.16. The largest absolute Gasteiger partial charge is 0.306 e. The lowest BCUT2D eigenvalue weighted by molar-refractivity contribution is -0.114. The Morgan fingerprint density at radius 2 is 0.842 bits per heavy atom. The molecule has 0 saturated carbocycles. The highest BCUT2D eigenvalue weighted by atomic mass is 16.1. The number of hydrogen-bond acceptors (Lipinski definition) is 4. The summed E-state index contributed by atoms with van der Waals surface area (Å²) < 4.78 is 0. The van der Waals surface area contributed by atoms with E-state index < -0.39 is 0 Å². The fourth-order valence-electron chi connectivity index (χ4n) is 4.44. The maximum atomic E-state index is 9.44. The summed E-state index contributed by atoms with van der Waals surface area (Å²) in [5, 5.41) is 0. The molecule has 0 N–H and O–H groups in total. The molecule has 0 aliphatic carbocycles. The van der Waals surface area contributed by atoms with Gasteiger partial charge in [-0.2, -0.15) is 0 Å². The number of carbonyl (C=O) groups excluding carboxylic acids is 1. The lowest BCUT2D eigenvalue weighted by atomic mass is 9.95. The number of nitrogens with zero attached hydrogens (tertiary/aromatic N) is 3. The van der Waals surface area contributed by atoms with Gasteiger partial charge in [-0.15, -0.1) is 0 Å². The van der Waals surface area contributed by atoms with Gasteiger partial charge in [0, 0.05) is 13.1 Å². The summed E-state index contributed by atoms with van der Waals surface area (Å²) >= 11 is 0. The summed E-state index contributed by atoms with van der Waals surface area (Å²) in [6.45, 7) is 30.4. The van der Waals surface area contributed by atoms with E-state index in [1.165, 1.54) is 117 Å². The fraction of sp³-hybridized carbons (Fsp3) is 0.971. The van der Waals surface area contributed by atoms with Gasteiger partial charge in [-0.05, 0) is 111 Å². The number of ketones is 1. The lowest BCUT2D eigenvalue weighted by Crippen LogP contribution is -2.31. The average molecular weight is 544 g/mol. The van der Waals surface area contributed by atoms with Crippen molar-refractivity contribution in [1.82, 2.24) is 14.7 Å². The third-order valence-electron chi connectivity index (χ3n) is 6.78. The summed E-state index contributed by atoms with van der Waals surface area (Å²) in [4.78, 5) is 16.7. The Labute approximate surface area is 243 Å². The summed E-state index contributed by atoms with van der Waals surface area (Å²) in [5.41, 5.74) is 0. The molecule has 2 atom stereocenters. The molecule has 3 heterocycles. The Morgan fingerprint density at radius 1 is 0.553 bits per heavy atom. The quantitative estimate of drug-likeness (QED) is 0.354. The van der Waals surface area contributed by atoms with Crippen LogP contribution in [0, 0.1) is 17.8 Å². The van der Waals surface area contributed by atoms with Crippen molar-refractivity contribution in [3.05, 3.63) is 0 Å². The smallest absolute Gasteiger partial charge is 0.126 e. The van der Waals surface area contributed by atoms with E-state index >= 15 is 0 Å². The second-order valence-electron chi connectivity index (χ2n) is 11.5. The zero-order valence-corrected chi connectivity index (χ0v) is 29.3. The van der Waals surface area contributed by atoms with Crippen LogP contribution in [0.2, 0.25) is 0 Å². The second-order valence-corrected chi connectivity index (χ2v) is 11.5. The molecular weight excluding hydrogens is 466 g/mol. The van der Waals surface area contributed by atoms with Crippen LogP contribution in [0.3, 0.4) is 0 Å². The molecule has 0 radical (unpaired) electrons. The van der Waals surface area contributed by atoms with Gasteiger partial charge in [0.1, 0.15) is 5.78 Å². The molecular formula is C34H77N3O. The van der Waals surface area contributed by atoms with Crippen LogP contribution in [-0.4, -0.2) is 80.9 Å². The maximum Gasteiger partial charge on any atom is 0.126 e. The van der Waals surface area contributed by atoms with Gasteiger partial charge in [0.25, 0.3) is 0 Å². The Kier molecular flexibility index (Phi) is 40.6. The second kappa shape index (κ2) is 34.6. The molecule has 4 heteroatoms. The van der Waals surface area contributed by atoms with E-state index in [-0.39, 0.29) is 5.78 Å². The first-order valence-corrected chi connectivity index (χ1v) is 16.6. The molecule has 38 heavy (non-hydrogen) atoms. The lowest BCUT2D eigenvalue weighted by Gasteiger charge is -2.28. The van der Waals surface area contributed by atoms with Crippen LogP contribution in [0.1, 0.15) is 140 Å². The van der Waals surface area contributed by atoms with Gasteiger partial charge in [0.05, 0.1) is 0 Å². The SMILES string of the molecule is CC.CC(C)=O.CCC.CCC.CCC1CCCN(C)C1.CCC1CCN(C)C1.CCC1CCN(C)CC1. The first-order valence-electron chi connectivity index (χ1n) is 16.6. The van der Waals surface area contributed by atoms with Crippen molar-refractivity contribution < 1.29 is 4.79 Å². The van der Waals surface area contributed by atoms with Crippen LogP contribution in [-0.2, 0) is 4.79 Å². The van der Waals surface area contributed by atoms with Crippen molar-refractivity contribution >= 4 is 5.78 Å². The molecule has 234 valence electrons. The molecule has 3 fully saturated rings. The molecule has 0 amide bonds. The van der Waals surface area contributed by atoms with Crippen molar-refractivity contribution in [2.45, 2.75) is 140 Å². The Bertz CT molecular complexity index is 429. The molecule has 0 bridgehead atoms. The summed E-state index contributed by atoms with van der Waals surface area (Å²) in [6, 6.07) is 0. The van der Waals surface area contributed by atoms with E-state index in [9.17, 15) is 4.79 Å². The summed E-state index contributed by atoms with van der Waals surface area (Å²) in [6.07, 6.45) is 13.8. The van der Waals surface area contributed by atoms with Crippen molar-refractivity contribution in [2.24, 2.45) is 17.8 Å². The van der Waals surface area contributed by atoms with Gasteiger partial charge in [0.15, 0.2) is 0 Å². The highest BCUT2D eigenvalue weighted by Crippen LogP contribution is 2.18. The van der Waals surface area contributed by atoms with E-state index in [1.54, 1.807) is 0 Å². The molecule has 0 spiro atoms. The van der Waals surface area contributed by atoms with E-state index in [0.29, 0.717) is 0 Å². The first-order chi connectivity index (χ1) is 18.0. The Hall–Kier alpha value is -0.450. The van der Waals surface area contributed by atoms with E-state index in [2.05, 4.69) is 84.3 Å². The number of rotatable bonds is 3. The third kappa shape index (κ3) is 35.5. The predicted octanol–water partition coefficient (Wildman–Crippen LogP) is 9.28. The number of carbonyl (C=O) groups is 1. The van der Waals surface area contributed by atoms with Gasteiger partial charge in [0.2, 0.25) is 0 Å². The predicted molar refractivity (Wildman–Crippen MR) is 177 cm³/mol. The van der Waals surface area contributed by atoms with Crippen LogP contribution in [0.25, 0.3) is 0 Å². The van der Waals surface area contributed by atoms with E-state index in [1.807, 2.05) is 13.8 Å². The molecule has 3 aliphatic heterocycles. The summed E-state index contributed by atoms with van der Waals surface area (Å²) in [5.74, 6) is 3.19. The molecule has 3 saturated heterocycles. The number of piperidine rings is 2. The van der Waals surface area contributed by atoms with Crippen LogP contribution in [0.4, 0.5) is 0 Å². The van der Waals surface area contributed by atoms with Gasteiger partial charge in [-0.3, -0.25) is 0 Å². The molecule has 0 aromatic rings. The molecule has 3 rings (SSSR count). The monoisotopic (exact) mass is 544 g/mol. The van der Waals surface area contributed by atoms with Gasteiger partial charge in [-0.25, -0.2) is 0 Å². The van der Waals surface area contributed by atoms with Gasteiger partial charge >= 0.3 is 0 Å². The maximum absolute atomic E-state index is 9.44. The molecule has 4 nitrogen and oxygen atoms in total. The normalized spacial score (nSPS) is 21.5. The topological polar surface area (TPSA) is 26.8 Å². The van der Waals surface area contributed by atoms with E-state index in [4.69, 9.17) is 0 Å². The minimum atomic E-state index is 0.167. The molecule has 0 aromatic heterocycles. The number of hydrogen-bond donors (Lipinski definition) is 0. The van der Waals surface area contributed by atoms with Gasteiger partial charge in [-0.1, -0.05) is 94.4 Å². The number of Topliss-reactive ketones (excluding diaryl/α,β-unsaturated/α-hetero) is 1. The minimum Gasteiger partial charge on any atom is -0.306 e. The Morgan fingerprint density at radius 3 is 1.11 bits per heavy atom. The highest BCUT2D eigenvalue weighted by molar-refractivity contribution is 5.72. The fourth-order valence-corrected chi connectivity index (χ4v) is 4.44. The zero-order valence-electron chi connectivity index (χ0n) is 29.3. The van der Waals surface area contributed by atoms with Gasteiger partial charge < -0.3 is 19.5 Å². The Balaban J connectivity index is -0.000000190. The van der Waals surface area contributed by atoms with Crippen molar-refractivity contribution in [2.75, 3.05) is 60.4 Å². The molecule has 3 aliphatic rings. The van der Waals surface area contributed by atoms with Crippen LogP contribution >= 0.6 is 0 Å². The van der Waals surface area contributed by atoms with Crippen LogP contribution < -0.4 is 0 Å². The standard InChI is InChI=1S/2C8H17N.C7H15N.C3H6O.2C3H8.C2H6/c1-3-8-4-6-9(2)7-5-8;1-3-8-5-4-6-9(2)7-8;1-3-7-4-5-8(2)6-7;1-3(2)4;2*1-3-2;1-2/h2*8H,3-7H2,1-2H3;7H,3-6H2,1-2H3;1-2H3;2*3H2,1-2H3;1-2H3. The number of likely N-dealkylation sites (tertiary alicyclic amines) is 3. The van der Waals surface area contributed by atoms with Crippen molar-refractivity contribution in [3.63, 3.8) is 0 Å². The van der Waals surface area contributed by atoms with Crippen molar-refractivity contribution in [1.29, 1.82) is 0 Å². The van der Waals surface area contributed by atoms with E-state index in [0.717, 1.165) is 17.8 Å². The van der Waals surface area contributed by atoms with Crippen LogP contribution in [0.15, 0.2) is 0 Å². The third-order valence-corrected chi connectivity index (χ3v) is 6.78. The minimum absolute atomic E-state index is 0.167. The van der Waals surface area contributed by atoms with Crippen molar-refractivity contribution in [3.8, 4) is 0 Å². The average Bonchev–Trinajstić information content (AvgIpc) is 3.32. The summed E-state index contributed by atoms with van der Waals surface area (Å²) in [7, 11) is 6.64. The first kappa shape index (κ1) is 44.6. The van der Waals surface area contributed by atoms with Crippen LogP contribution in [0.5, 0.6) is 0 Å². The molecule has 2 unspecified atom stereocenters.